The van der Waals surface area contributed by atoms with Gasteiger partial charge < -0.3 is 11.5 Å². The number of hydrogen-bond donors (Lipinski definition) is 2. The molecule has 5 nitrogen and oxygen atoms in total. The van der Waals surface area contributed by atoms with Gasteiger partial charge in [-0.25, -0.2) is 0 Å². The van der Waals surface area contributed by atoms with Gasteiger partial charge in [0, 0.05) is 11.8 Å². The Balaban J connectivity index is 1.93. The van der Waals surface area contributed by atoms with E-state index >= 15 is 0 Å². The van der Waals surface area contributed by atoms with Crippen LogP contribution in [-0.2, 0) is 26.8 Å². The maximum absolute atomic E-state index is 11.4. The maximum Gasteiger partial charge on any atom is 0.230 e. The second kappa shape index (κ2) is 7.95. The molecule has 1 heterocycles. The van der Waals surface area contributed by atoms with Crippen molar-refractivity contribution in [1.82, 2.24) is 4.98 Å². The number of rotatable bonds is 6. The molecule has 0 fully saturated rings. The molecule has 4 N–H and O–H groups in total. The first kappa shape index (κ1) is 22.7. The lowest BCUT2D eigenvalue weighted by atomic mass is 9.62. The fraction of sp³-hybridized carbons (Fsp3) is 0.423. The molecule has 1 aliphatic carbocycles. The summed E-state index contributed by atoms with van der Waals surface area (Å²) >= 11 is 0. The number of carbonyl (C=O) groups is 2. The second-order valence-electron chi connectivity index (χ2n) is 10.1. The quantitative estimate of drug-likeness (QED) is 0.694. The van der Waals surface area contributed by atoms with Gasteiger partial charge in [-0.2, -0.15) is 0 Å². The molecular formula is C26H33N3O2. The van der Waals surface area contributed by atoms with Crippen molar-refractivity contribution < 1.29 is 9.59 Å². The number of carbonyl (C=O) groups excluding carboxylic acids is 2. The summed E-state index contributed by atoms with van der Waals surface area (Å²) in [5.41, 5.74) is 18.3. The van der Waals surface area contributed by atoms with Crippen molar-refractivity contribution in [3.63, 3.8) is 0 Å². The standard InChI is InChI=1S/C26H33N3O2/c1-15-11-20-21(26(5,6)10-9-25(20,3)4)13-18(15)16(2)22-8-7-17(14-29-22)12-19(23(27)30)24(28)31/h7-8,11,13-14,19H,2,9-10,12H2,1,3-6H3,(H2,27,30)(H2,28,31). The molecule has 0 saturated heterocycles. The number of pyridine rings is 1. The number of fused-ring (bicyclic) bond motifs is 1. The van der Waals surface area contributed by atoms with E-state index < -0.39 is 17.7 Å². The molecular weight excluding hydrogens is 386 g/mol. The minimum Gasteiger partial charge on any atom is -0.369 e. The van der Waals surface area contributed by atoms with E-state index in [4.69, 9.17) is 11.5 Å². The predicted molar refractivity (Wildman–Crippen MR) is 124 cm³/mol. The monoisotopic (exact) mass is 419 g/mol. The van der Waals surface area contributed by atoms with Crippen LogP contribution in [0.3, 0.4) is 0 Å². The summed E-state index contributed by atoms with van der Waals surface area (Å²) in [5, 5.41) is 0. The van der Waals surface area contributed by atoms with Crippen LogP contribution in [0.1, 0.15) is 74.0 Å². The van der Waals surface area contributed by atoms with Crippen LogP contribution in [0.4, 0.5) is 0 Å². The summed E-state index contributed by atoms with van der Waals surface area (Å²) in [6.07, 6.45) is 4.12. The average molecular weight is 420 g/mol. The SMILES string of the molecule is C=C(c1ccc(CC(C(N)=O)C(N)=O)cn1)c1cc2c(cc1C)C(C)(C)CCC2(C)C. The van der Waals surface area contributed by atoms with Crippen LogP contribution in [-0.4, -0.2) is 16.8 Å². The molecule has 0 spiro atoms. The van der Waals surface area contributed by atoms with Gasteiger partial charge in [0.2, 0.25) is 11.8 Å². The summed E-state index contributed by atoms with van der Waals surface area (Å²) in [6.45, 7) is 15.7. The lowest BCUT2D eigenvalue weighted by molar-refractivity contribution is -0.131. The topological polar surface area (TPSA) is 99.1 Å². The van der Waals surface area contributed by atoms with Crippen molar-refractivity contribution in [2.24, 2.45) is 17.4 Å². The van der Waals surface area contributed by atoms with E-state index in [1.807, 2.05) is 12.1 Å². The maximum atomic E-state index is 11.4. The van der Waals surface area contributed by atoms with Crippen LogP contribution in [0.2, 0.25) is 0 Å². The lowest BCUT2D eigenvalue weighted by Gasteiger charge is -2.42. The van der Waals surface area contributed by atoms with Gasteiger partial charge in [0.1, 0.15) is 5.92 Å². The average Bonchev–Trinajstić information content (AvgIpc) is 2.69. The highest BCUT2D eigenvalue weighted by Crippen LogP contribution is 2.47. The summed E-state index contributed by atoms with van der Waals surface area (Å²) in [4.78, 5) is 27.4. The fourth-order valence-electron chi connectivity index (χ4n) is 4.49. The number of hydrogen-bond acceptors (Lipinski definition) is 3. The molecule has 0 bridgehead atoms. The Labute approximate surface area is 184 Å². The number of amides is 2. The van der Waals surface area contributed by atoms with Crippen LogP contribution >= 0.6 is 0 Å². The Morgan fingerprint density at radius 2 is 1.58 bits per heavy atom. The summed E-state index contributed by atoms with van der Waals surface area (Å²) in [7, 11) is 0. The van der Waals surface area contributed by atoms with Crippen molar-refractivity contribution in [1.29, 1.82) is 0 Å². The van der Waals surface area contributed by atoms with E-state index in [2.05, 4.69) is 58.3 Å². The number of aryl methyl sites for hydroxylation is 1. The first-order valence-electron chi connectivity index (χ1n) is 10.7. The molecule has 0 unspecified atom stereocenters. The van der Waals surface area contributed by atoms with E-state index in [9.17, 15) is 9.59 Å². The molecule has 0 saturated carbocycles. The third-order valence-corrected chi connectivity index (χ3v) is 6.78. The third-order valence-electron chi connectivity index (χ3n) is 6.78. The van der Waals surface area contributed by atoms with Gasteiger partial charge in [0.25, 0.3) is 0 Å². The highest BCUT2D eigenvalue weighted by molar-refractivity contribution is 5.99. The third kappa shape index (κ3) is 4.41. The lowest BCUT2D eigenvalue weighted by Crippen LogP contribution is -2.36. The number of aromatic nitrogens is 1. The number of benzene rings is 1. The number of primary amides is 2. The highest BCUT2D eigenvalue weighted by atomic mass is 16.2. The molecule has 1 aromatic heterocycles. The van der Waals surface area contributed by atoms with Crippen molar-refractivity contribution in [3.05, 3.63) is 70.6 Å². The molecule has 2 amide bonds. The molecule has 0 atom stereocenters. The Kier molecular flexibility index (Phi) is 5.83. The largest absolute Gasteiger partial charge is 0.369 e. The number of nitrogens with zero attached hydrogens (tertiary/aromatic N) is 1. The number of nitrogens with two attached hydrogens (primary N) is 2. The predicted octanol–water partition coefficient (Wildman–Crippen LogP) is 3.93. The molecule has 5 heteroatoms. The molecule has 3 rings (SSSR count). The van der Waals surface area contributed by atoms with Crippen LogP contribution in [0.15, 0.2) is 37.0 Å². The Hall–Kier alpha value is -2.95. The minimum atomic E-state index is -1.04. The first-order valence-corrected chi connectivity index (χ1v) is 10.7. The van der Waals surface area contributed by atoms with E-state index in [0.29, 0.717) is 0 Å². The Morgan fingerprint density at radius 3 is 2.06 bits per heavy atom. The normalized spacial score (nSPS) is 16.6. The molecule has 2 aromatic rings. The van der Waals surface area contributed by atoms with Gasteiger partial charge >= 0.3 is 0 Å². The molecule has 0 radical (unpaired) electrons. The zero-order valence-electron chi connectivity index (χ0n) is 19.2. The van der Waals surface area contributed by atoms with Gasteiger partial charge in [0.15, 0.2) is 0 Å². The van der Waals surface area contributed by atoms with Gasteiger partial charge in [-0.15, -0.1) is 0 Å². The van der Waals surface area contributed by atoms with Crippen LogP contribution in [0.5, 0.6) is 0 Å². The zero-order valence-corrected chi connectivity index (χ0v) is 19.2. The van der Waals surface area contributed by atoms with Crippen molar-refractivity contribution >= 4 is 17.4 Å². The van der Waals surface area contributed by atoms with E-state index in [1.165, 1.54) is 23.1 Å². The van der Waals surface area contributed by atoms with E-state index in [1.54, 1.807) is 6.20 Å². The van der Waals surface area contributed by atoms with Gasteiger partial charge in [-0.3, -0.25) is 14.6 Å². The van der Waals surface area contributed by atoms with E-state index in [-0.39, 0.29) is 17.3 Å². The molecule has 1 aromatic carbocycles. The zero-order chi connectivity index (χ0) is 23.1. The fourth-order valence-corrected chi connectivity index (χ4v) is 4.49. The van der Waals surface area contributed by atoms with E-state index in [0.717, 1.165) is 28.8 Å². The van der Waals surface area contributed by atoms with Crippen LogP contribution < -0.4 is 11.5 Å². The molecule has 0 aliphatic heterocycles. The smallest absolute Gasteiger partial charge is 0.230 e. The molecule has 1 aliphatic rings. The summed E-state index contributed by atoms with van der Waals surface area (Å²) < 4.78 is 0. The Morgan fingerprint density at radius 1 is 1.03 bits per heavy atom. The van der Waals surface area contributed by atoms with Crippen molar-refractivity contribution in [3.8, 4) is 0 Å². The van der Waals surface area contributed by atoms with Crippen molar-refractivity contribution in [2.75, 3.05) is 0 Å². The van der Waals surface area contributed by atoms with Gasteiger partial charge in [-0.1, -0.05) is 46.4 Å². The van der Waals surface area contributed by atoms with Crippen molar-refractivity contribution in [2.45, 2.75) is 64.7 Å². The minimum absolute atomic E-state index is 0.114. The van der Waals surface area contributed by atoms with Gasteiger partial charge in [-0.05, 0) is 77.0 Å². The first-order chi connectivity index (χ1) is 14.3. The second-order valence-corrected chi connectivity index (χ2v) is 10.1. The summed E-state index contributed by atoms with van der Waals surface area (Å²) in [6, 6.07) is 8.31. The highest BCUT2D eigenvalue weighted by Gasteiger charge is 2.37. The van der Waals surface area contributed by atoms with Crippen LogP contribution in [0, 0.1) is 12.8 Å². The molecule has 164 valence electrons. The van der Waals surface area contributed by atoms with Crippen LogP contribution in [0.25, 0.3) is 5.57 Å². The molecule has 31 heavy (non-hydrogen) atoms. The Bertz CT molecular complexity index is 1040. The van der Waals surface area contributed by atoms with Gasteiger partial charge in [0.05, 0.1) is 5.69 Å². The summed E-state index contributed by atoms with van der Waals surface area (Å²) in [5.74, 6) is -2.49.